The number of hydrogen-bond acceptors (Lipinski definition) is 3. The summed E-state index contributed by atoms with van der Waals surface area (Å²) in [6.45, 7) is 1.77. The van der Waals surface area contributed by atoms with Gasteiger partial charge in [-0.2, -0.15) is 5.26 Å². The number of rotatable bonds is 2. The van der Waals surface area contributed by atoms with E-state index in [1.165, 1.54) is 6.07 Å². The van der Waals surface area contributed by atoms with Crippen molar-refractivity contribution in [3.8, 4) is 6.07 Å². The fraction of sp³-hybridized carbons (Fsp3) is 0.200. The van der Waals surface area contributed by atoms with Crippen LogP contribution in [0.1, 0.15) is 21.5 Å². The molecule has 0 fully saturated rings. The Kier molecular flexibility index (Phi) is 3.10. The third kappa shape index (κ3) is 1.86. The lowest BCUT2D eigenvalue weighted by molar-refractivity contribution is 0.102. The molecule has 0 unspecified atom stereocenters. The lowest BCUT2D eigenvalue weighted by atomic mass is 10.0. The van der Waals surface area contributed by atoms with E-state index in [4.69, 9.17) is 22.6 Å². The molecule has 0 aliphatic carbocycles. The van der Waals surface area contributed by atoms with Gasteiger partial charge in [-0.3, -0.25) is 4.79 Å². The Hall–Kier alpha value is -1.53. The fourth-order valence-electron chi connectivity index (χ4n) is 1.16. The third-order valence-corrected chi connectivity index (χ3v) is 2.18. The highest BCUT2D eigenvalue weighted by Crippen LogP contribution is 2.18. The van der Waals surface area contributed by atoms with Crippen molar-refractivity contribution in [3.63, 3.8) is 0 Å². The number of ketones is 1. The quantitative estimate of drug-likeness (QED) is 0.458. The summed E-state index contributed by atoms with van der Waals surface area (Å²) >= 11 is 5.41. The largest absolute Gasteiger partial charge is 0.398 e. The number of anilines is 1. The Morgan fingerprint density at radius 1 is 1.64 bits per heavy atom. The minimum absolute atomic E-state index is 0.127. The molecule has 0 spiro atoms. The highest BCUT2D eigenvalue weighted by molar-refractivity contribution is 6.31. The molecule has 0 aliphatic rings. The van der Waals surface area contributed by atoms with Crippen LogP contribution in [0.2, 0.25) is 0 Å². The molecule has 0 aliphatic heterocycles. The Bertz CT molecular complexity index is 421. The first-order valence-electron chi connectivity index (χ1n) is 3.99. The van der Waals surface area contributed by atoms with Gasteiger partial charge >= 0.3 is 0 Å². The van der Waals surface area contributed by atoms with Crippen LogP contribution in [-0.2, 0) is 0 Å². The molecule has 3 nitrogen and oxygen atoms in total. The minimum Gasteiger partial charge on any atom is -0.398 e. The molecule has 0 saturated carbocycles. The number of benzene rings is 1. The summed E-state index contributed by atoms with van der Waals surface area (Å²) in [4.78, 5) is 11.3. The van der Waals surface area contributed by atoms with Crippen LogP contribution in [0.4, 0.5) is 5.69 Å². The van der Waals surface area contributed by atoms with Gasteiger partial charge in [0.25, 0.3) is 0 Å². The van der Waals surface area contributed by atoms with Crippen molar-refractivity contribution in [1.29, 1.82) is 5.26 Å². The van der Waals surface area contributed by atoms with E-state index >= 15 is 0 Å². The maximum atomic E-state index is 11.3. The van der Waals surface area contributed by atoms with Crippen LogP contribution < -0.4 is 5.73 Å². The third-order valence-electron chi connectivity index (χ3n) is 1.94. The fourth-order valence-corrected chi connectivity index (χ4v) is 1.31. The number of alkyl halides is 1. The lowest BCUT2D eigenvalue weighted by Gasteiger charge is -2.05. The van der Waals surface area contributed by atoms with Gasteiger partial charge in [0.2, 0.25) is 0 Å². The van der Waals surface area contributed by atoms with E-state index in [-0.39, 0.29) is 11.7 Å². The highest BCUT2D eigenvalue weighted by Gasteiger charge is 2.11. The number of nitriles is 1. The standard InChI is InChI=1S/C10H9ClN2O/c1-6-2-9(13)8(10(14)4-11)3-7(6)5-12/h2-3H,4,13H2,1H3. The summed E-state index contributed by atoms with van der Waals surface area (Å²) in [6, 6.07) is 5.08. The average Bonchev–Trinajstić information content (AvgIpc) is 2.17. The normalized spacial score (nSPS) is 9.50. The number of nitrogens with zero attached hydrogens (tertiary/aromatic N) is 1. The van der Waals surface area contributed by atoms with Crippen LogP contribution in [0.15, 0.2) is 12.1 Å². The predicted octanol–water partition coefficient (Wildman–Crippen LogP) is 1.87. The maximum Gasteiger partial charge on any atom is 0.179 e. The van der Waals surface area contributed by atoms with E-state index in [1.54, 1.807) is 13.0 Å². The topological polar surface area (TPSA) is 66.9 Å². The molecule has 0 bridgehead atoms. The first-order chi connectivity index (χ1) is 6.60. The molecule has 0 amide bonds. The van der Waals surface area contributed by atoms with Crippen molar-refractivity contribution in [2.45, 2.75) is 6.92 Å². The van der Waals surface area contributed by atoms with E-state index in [0.29, 0.717) is 16.8 Å². The molecule has 0 aromatic heterocycles. The van der Waals surface area contributed by atoms with Crippen molar-refractivity contribution in [3.05, 3.63) is 28.8 Å². The zero-order valence-corrected chi connectivity index (χ0v) is 8.43. The van der Waals surface area contributed by atoms with E-state index in [1.807, 2.05) is 6.07 Å². The van der Waals surface area contributed by atoms with Gasteiger partial charge in [-0.1, -0.05) is 0 Å². The minimum atomic E-state index is -0.263. The molecule has 14 heavy (non-hydrogen) atoms. The maximum absolute atomic E-state index is 11.3. The molecule has 0 heterocycles. The summed E-state index contributed by atoms with van der Waals surface area (Å²) in [5.74, 6) is -0.390. The average molecular weight is 209 g/mol. The van der Waals surface area contributed by atoms with Crippen molar-refractivity contribution in [2.24, 2.45) is 0 Å². The summed E-state index contributed by atoms with van der Waals surface area (Å²) < 4.78 is 0. The lowest BCUT2D eigenvalue weighted by Crippen LogP contribution is -2.06. The van der Waals surface area contributed by atoms with E-state index in [0.717, 1.165) is 5.56 Å². The first kappa shape index (κ1) is 10.6. The van der Waals surface area contributed by atoms with Crippen LogP contribution in [0.3, 0.4) is 0 Å². The Balaban J connectivity index is 3.33. The molecule has 1 aromatic rings. The molecule has 0 saturated heterocycles. The Labute approximate surface area is 87.1 Å². The Morgan fingerprint density at radius 2 is 2.29 bits per heavy atom. The zero-order chi connectivity index (χ0) is 10.7. The molecule has 0 radical (unpaired) electrons. The van der Waals surface area contributed by atoms with Crippen molar-refractivity contribution >= 4 is 23.1 Å². The van der Waals surface area contributed by atoms with Crippen LogP contribution in [-0.4, -0.2) is 11.7 Å². The molecule has 1 rings (SSSR count). The SMILES string of the molecule is Cc1cc(N)c(C(=O)CCl)cc1C#N. The second-order valence-electron chi connectivity index (χ2n) is 2.92. The number of Topliss-reactive ketones (excluding diaryl/α,β-unsaturated/α-hetero) is 1. The van der Waals surface area contributed by atoms with E-state index < -0.39 is 0 Å². The van der Waals surface area contributed by atoms with E-state index in [9.17, 15) is 4.79 Å². The summed E-state index contributed by atoms with van der Waals surface area (Å²) in [6.07, 6.45) is 0. The van der Waals surface area contributed by atoms with Crippen LogP contribution in [0.5, 0.6) is 0 Å². The van der Waals surface area contributed by atoms with Crippen molar-refractivity contribution < 1.29 is 4.79 Å². The second kappa shape index (κ2) is 4.12. The molecular formula is C10H9ClN2O. The van der Waals surface area contributed by atoms with Gasteiger partial charge in [0.05, 0.1) is 17.5 Å². The van der Waals surface area contributed by atoms with Crippen molar-refractivity contribution in [2.75, 3.05) is 11.6 Å². The van der Waals surface area contributed by atoms with Crippen LogP contribution in [0.25, 0.3) is 0 Å². The van der Waals surface area contributed by atoms with E-state index in [2.05, 4.69) is 0 Å². The first-order valence-corrected chi connectivity index (χ1v) is 4.53. The van der Waals surface area contributed by atoms with Gasteiger partial charge in [-0.25, -0.2) is 0 Å². The number of hydrogen-bond donors (Lipinski definition) is 1. The number of halogens is 1. The van der Waals surface area contributed by atoms with Gasteiger partial charge in [-0.05, 0) is 24.6 Å². The number of carbonyl (C=O) groups is 1. The molecular weight excluding hydrogens is 200 g/mol. The Morgan fingerprint density at radius 3 is 2.79 bits per heavy atom. The highest BCUT2D eigenvalue weighted by atomic mass is 35.5. The molecule has 4 heteroatoms. The van der Waals surface area contributed by atoms with Gasteiger partial charge in [0.1, 0.15) is 0 Å². The van der Waals surface area contributed by atoms with Crippen LogP contribution >= 0.6 is 11.6 Å². The number of nitrogens with two attached hydrogens (primary N) is 1. The van der Waals surface area contributed by atoms with Gasteiger partial charge < -0.3 is 5.73 Å². The van der Waals surface area contributed by atoms with Gasteiger partial charge in [0.15, 0.2) is 5.78 Å². The molecule has 0 atom stereocenters. The molecule has 2 N–H and O–H groups in total. The monoisotopic (exact) mass is 208 g/mol. The summed E-state index contributed by atoms with van der Waals surface area (Å²) in [5.41, 5.74) is 7.53. The molecule has 72 valence electrons. The molecule has 1 aromatic carbocycles. The number of nitrogen functional groups attached to an aromatic ring is 1. The summed E-state index contributed by atoms with van der Waals surface area (Å²) in [7, 11) is 0. The number of aryl methyl sites for hydroxylation is 1. The summed E-state index contributed by atoms with van der Waals surface area (Å²) in [5, 5.41) is 8.75. The van der Waals surface area contributed by atoms with Gasteiger partial charge in [0, 0.05) is 11.3 Å². The number of carbonyl (C=O) groups excluding carboxylic acids is 1. The second-order valence-corrected chi connectivity index (χ2v) is 3.19. The zero-order valence-electron chi connectivity index (χ0n) is 7.67. The van der Waals surface area contributed by atoms with Crippen molar-refractivity contribution in [1.82, 2.24) is 0 Å². The predicted molar refractivity (Wildman–Crippen MR) is 55.4 cm³/mol. The van der Waals surface area contributed by atoms with Gasteiger partial charge in [-0.15, -0.1) is 11.6 Å². The smallest absolute Gasteiger partial charge is 0.179 e. The van der Waals surface area contributed by atoms with Crippen LogP contribution in [0, 0.1) is 18.3 Å².